The fraction of sp³-hybridized carbons (Fsp3) is 0.481. The molecule has 7 heterocycles. The Kier molecular flexibility index (Phi) is 32.2. The van der Waals surface area contributed by atoms with Crippen molar-refractivity contribution >= 4 is 67.2 Å². The Morgan fingerprint density at radius 3 is 1.06 bits per heavy atom. The zero-order chi connectivity index (χ0) is 75.7. The van der Waals surface area contributed by atoms with Gasteiger partial charge in [0.2, 0.25) is 0 Å². The lowest BCUT2D eigenvalue weighted by Crippen LogP contribution is -2.47. The van der Waals surface area contributed by atoms with Crippen LogP contribution in [-0.2, 0) is 28.7 Å². The number of hydrogen-bond acceptors (Lipinski definition) is 11. The molecule has 13 rings (SSSR count). The predicted molar refractivity (Wildman–Crippen MR) is 407 cm³/mol. The number of nitrogens with two attached hydrogens (primary N) is 2. The van der Waals surface area contributed by atoms with Crippen molar-refractivity contribution in [3.8, 4) is 0 Å². The monoisotopic (exact) mass is 1550 g/mol. The SMILES string of the molecule is CC(C)(C)OC(=O)NC[C@H]1CCN(C(=O)N2CCc3ccccc3C2c2ccc(F)cc2F)C1.CC(C)(C)OC(=O)NC[C@H]1CCNC1.CSF.Cl.Cl.NC[C@H]1CCN(C(=O)N2CCc3ccccc3C2c2ccc(F)cc2F)C1.NC[C@H]1CCN(C(=O)N2CCc3ccccc3[C@@H]2c2ccc(F)cc2F)C1. The second-order valence-corrected chi connectivity index (χ2v) is 29.8. The highest BCUT2D eigenvalue weighted by Gasteiger charge is 2.42. The van der Waals surface area contributed by atoms with E-state index in [0.717, 1.165) is 103 Å². The first-order valence-corrected chi connectivity index (χ1v) is 37.2. The fourth-order valence-corrected chi connectivity index (χ4v) is 14.6. The maximum Gasteiger partial charge on any atom is 0.407 e. The highest BCUT2D eigenvalue weighted by Crippen LogP contribution is 2.41. The third-order valence-corrected chi connectivity index (χ3v) is 19.7. The third-order valence-electron chi connectivity index (χ3n) is 19.7. The molecule has 0 radical (unpaired) electrons. The number of ether oxygens (including phenoxy) is 2. The van der Waals surface area contributed by atoms with Gasteiger partial charge in [0.15, 0.2) is 0 Å². The van der Waals surface area contributed by atoms with Crippen molar-refractivity contribution in [1.29, 1.82) is 0 Å². The van der Waals surface area contributed by atoms with E-state index in [2.05, 4.69) is 16.0 Å². The summed E-state index contributed by atoms with van der Waals surface area (Å²) in [6.07, 6.45) is 6.35. The Bertz CT molecular complexity index is 3810. The number of halogens is 9. The maximum absolute atomic E-state index is 14.9. The fourth-order valence-electron chi connectivity index (χ4n) is 14.6. The van der Waals surface area contributed by atoms with E-state index in [1.807, 2.05) is 93.6 Å². The van der Waals surface area contributed by atoms with Gasteiger partial charge >= 0.3 is 30.3 Å². The summed E-state index contributed by atoms with van der Waals surface area (Å²) < 4.78 is 105. The lowest BCUT2D eigenvalue weighted by atomic mass is 9.88. The number of fused-ring (bicyclic) bond motifs is 3. The first-order valence-electron chi connectivity index (χ1n) is 36.1. The van der Waals surface area contributed by atoms with Crippen LogP contribution in [0, 0.1) is 58.6 Å². The number of carbonyl (C=O) groups is 5. The van der Waals surface area contributed by atoms with Gasteiger partial charge in [-0.3, -0.25) is 0 Å². The van der Waals surface area contributed by atoms with Gasteiger partial charge in [-0.05, 0) is 188 Å². The summed E-state index contributed by atoms with van der Waals surface area (Å²) >= 11 is 0.250. The largest absolute Gasteiger partial charge is 0.444 e. The minimum Gasteiger partial charge on any atom is -0.444 e. The molecule has 6 aromatic rings. The van der Waals surface area contributed by atoms with Gasteiger partial charge < -0.3 is 66.3 Å². The number of rotatable bonds is 9. The second-order valence-electron chi connectivity index (χ2n) is 29.5. The van der Waals surface area contributed by atoms with Gasteiger partial charge in [-0.25, -0.2) is 50.3 Å². The number of alkyl carbamates (subject to hydrolysis) is 2. The molecule has 0 aromatic heterocycles. The number of amides is 8. The zero-order valence-electron chi connectivity index (χ0n) is 61.8. The van der Waals surface area contributed by atoms with E-state index in [1.165, 1.54) is 42.7 Å². The number of benzene rings is 6. The maximum atomic E-state index is 14.9. The molecule has 18 nitrogen and oxygen atoms in total. The molecule has 0 saturated carbocycles. The summed E-state index contributed by atoms with van der Waals surface area (Å²) in [4.78, 5) is 73.8. The van der Waals surface area contributed by atoms with Crippen molar-refractivity contribution in [2.45, 2.75) is 116 Å². The molecule has 0 spiro atoms. The number of urea groups is 3. The molecule has 8 amide bonds. The van der Waals surface area contributed by atoms with Crippen LogP contribution in [0.5, 0.6) is 0 Å². The molecule has 4 fully saturated rings. The molecule has 6 aromatic carbocycles. The zero-order valence-corrected chi connectivity index (χ0v) is 64.2. The van der Waals surface area contributed by atoms with Crippen LogP contribution in [0.25, 0.3) is 0 Å². The minimum absolute atomic E-state index is 0. The number of nitrogens with one attached hydrogen (secondary N) is 3. The molecule has 7 atom stereocenters. The number of likely N-dealkylation sites (tertiary alicyclic amines) is 3. The van der Waals surface area contributed by atoms with Crippen LogP contribution in [0.3, 0.4) is 0 Å². The Labute approximate surface area is 640 Å². The van der Waals surface area contributed by atoms with Gasteiger partial charge in [-0.1, -0.05) is 91.0 Å². The molecule has 107 heavy (non-hydrogen) atoms. The van der Waals surface area contributed by atoms with E-state index >= 15 is 0 Å². The standard InChI is InChI=1S/C26H31F2N3O3.2C21H23F2N3O.C10H20N2O2.CH3FS.2ClH/c1-26(2,3)34-24(32)29-15-17-10-12-30(16-17)25(33)31-13-11-18-6-4-5-7-20(18)23(31)21-9-8-19(27)14-22(21)28;2*22-16-5-6-18(19(23)11-16)20-17-4-2-1-3-15(17)8-10-26(20)21(27)25-9-7-14(12-24)13-25;1-10(2,3)14-9(13)12-7-8-4-5-11-6-8;1-3-2;;/h4-9,14,17,23H,10-13,15-16H2,1-3H3,(H,29,32);2*1-6,11,14,20H,7-10,12-13,24H2;8,11H,4-7H2,1-3H3,(H,12,13);1H3;2*1H/t17-,23?;14-,20?;14-,20-;8-;;;/m1110.../s1. The summed E-state index contributed by atoms with van der Waals surface area (Å²) in [7, 11) is 0. The molecular formula is C79H102Cl2F7N11O7S. The van der Waals surface area contributed by atoms with E-state index in [0.29, 0.717) is 120 Å². The number of nitrogens with zero attached hydrogens (tertiary/aromatic N) is 6. The molecule has 2 unspecified atom stereocenters. The van der Waals surface area contributed by atoms with Crippen LogP contribution in [0.1, 0.15) is 135 Å². The van der Waals surface area contributed by atoms with Crippen LogP contribution in [-0.4, -0.2) is 175 Å². The molecule has 7 aliphatic rings. The number of carbonyl (C=O) groups excluding carboxylic acids is 5. The molecule has 28 heteroatoms. The predicted octanol–water partition coefficient (Wildman–Crippen LogP) is 14.7. The van der Waals surface area contributed by atoms with Gasteiger partial charge in [0, 0.05) is 125 Å². The van der Waals surface area contributed by atoms with Crippen LogP contribution in [0.15, 0.2) is 127 Å². The highest BCUT2D eigenvalue weighted by molar-refractivity contribution is 7.93. The van der Waals surface area contributed by atoms with Crippen LogP contribution in [0.2, 0.25) is 0 Å². The Hall–Kier alpha value is -8.01. The summed E-state index contributed by atoms with van der Waals surface area (Å²) in [5, 5.41) is 8.81. The van der Waals surface area contributed by atoms with E-state index in [1.54, 1.807) is 50.2 Å². The van der Waals surface area contributed by atoms with Gasteiger partial charge in [-0.2, -0.15) is 3.89 Å². The van der Waals surface area contributed by atoms with Gasteiger partial charge in [0.1, 0.15) is 46.1 Å². The molecule has 0 bridgehead atoms. The normalized spacial score (nSPS) is 20.6. The summed E-state index contributed by atoms with van der Waals surface area (Å²) in [5.41, 5.74) is 17.4. The Balaban J connectivity index is 0.000000202. The first kappa shape index (κ1) is 86.2. The molecule has 0 aliphatic carbocycles. The average Bonchev–Trinajstić information content (AvgIpc) is 1.56. The summed E-state index contributed by atoms with van der Waals surface area (Å²) in [6.45, 7) is 20.4. The number of hydrogen-bond donors (Lipinski definition) is 5. The van der Waals surface area contributed by atoms with Crippen molar-refractivity contribution in [2.75, 3.05) is 104 Å². The van der Waals surface area contributed by atoms with Gasteiger partial charge in [-0.15, -0.1) is 24.8 Å². The smallest absolute Gasteiger partial charge is 0.407 e. The lowest BCUT2D eigenvalue weighted by Gasteiger charge is -2.39. The van der Waals surface area contributed by atoms with Gasteiger partial charge in [0.25, 0.3) is 0 Å². The molecular weight excluding hydrogens is 1450 g/mol. The lowest BCUT2D eigenvalue weighted by molar-refractivity contribution is 0.0508. The minimum atomic E-state index is -0.666. The molecule has 4 saturated heterocycles. The molecule has 7 aliphatic heterocycles. The Morgan fingerprint density at radius 2 is 0.766 bits per heavy atom. The third kappa shape index (κ3) is 23.3. The van der Waals surface area contributed by atoms with Crippen LogP contribution < -0.4 is 27.4 Å². The van der Waals surface area contributed by atoms with Crippen LogP contribution >= 0.6 is 37.0 Å². The van der Waals surface area contributed by atoms with Crippen molar-refractivity contribution < 1.29 is 63.7 Å². The quantitative estimate of drug-likeness (QED) is 0.0860. The van der Waals surface area contributed by atoms with E-state index in [9.17, 15) is 54.2 Å². The van der Waals surface area contributed by atoms with Crippen molar-refractivity contribution in [3.63, 3.8) is 0 Å². The van der Waals surface area contributed by atoms with Crippen LogP contribution in [0.4, 0.5) is 54.2 Å². The van der Waals surface area contributed by atoms with E-state index < -0.39 is 70.3 Å². The van der Waals surface area contributed by atoms with E-state index in [4.69, 9.17) is 20.9 Å². The average molecular weight is 1550 g/mol. The molecule has 7 N–H and O–H groups in total. The first-order chi connectivity index (χ1) is 50.2. The van der Waals surface area contributed by atoms with Crippen molar-refractivity contribution in [2.24, 2.45) is 35.1 Å². The summed E-state index contributed by atoms with van der Waals surface area (Å²) in [6, 6.07) is 31.8. The van der Waals surface area contributed by atoms with E-state index in [-0.39, 0.29) is 72.6 Å². The van der Waals surface area contributed by atoms with Crippen molar-refractivity contribution in [1.82, 2.24) is 45.3 Å². The summed E-state index contributed by atoms with van der Waals surface area (Å²) in [5.74, 6) is -2.53. The Morgan fingerprint density at radius 1 is 0.458 bits per heavy atom. The topological polar surface area (TPSA) is 211 Å². The second kappa shape index (κ2) is 39.9. The molecule has 584 valence electrons. The van der Waals surface area contributed by atoms with Gasteiger partial charge in [0.05, 0.1) is 18.1 Å². The highest BCUT2D eigenvalue weighted by atomic mass is 35.5. The van der Waals surface area contributed by atoms with Crippen molar-refractivity contribution in [3.05, 3.63) is 212 Å².